The van der Waals surface area contributed by atoms with Crippen LogP contribution in [0.25, 0.3) is 0 Å². The maximum absolute atomic E-state index is 14.0. The molecule has 1 N–H and O–H groups in total. The van der Waals surface area contributed by atoms with Gasteiger partial charge in [-0.1, -0.05) is 18.2 Å². The van der Waals surface area contributed by atoms with Crippen molar-refractivity contribution in [1.82, 2.24) is 14.7 Å². The van der Waals surface area contributed by atoms with Gasteiger partial charge in [0.1, 0.15) is 12.8 Å². The summed E-state index contributed by atoms with van der Waals surface area (Å²) in [4.78, 5) is 45.9. The molecule has 9 nitrogen and oxygen atoms in total. The first kappa shape index (κ1) is 38.0. The van der Waals surface area contributed by atoms with Crippen LogP contribution in [0.15, 0.2) is 42.5 Å². The van der Waals surface area contributed by atoms with Gasteiger partial charge in [-0.2, -0.15) is 26.3 Å². The second-order valence-electron chi connectivity index (χ2n) is 15.0. The SMILES string of the molecule is CN1CCC(C2CCN(C3(CC=O)CC(N4CCc5ccccc5NC4=O)CC[N@+]3(Cc3cc(C(F)(F)F)cc(C(F)(F)F)c3)C(=O)[O-])CC2)CC1. The number of hydrogen-bond acceptors (Lipinski definition) is 6. The number of quaternary nitrogens is 1. The molecule has 3 fully saturated rings. The fraction of sp³-hybridized carbons (Fsp3) is 0.595. The number of carbonyl (C=O) groups excluding carboxylic acids is 3. The van der Waals surface area contributed by atoms with Crippen LogP contribution in [0.5, 0.6) is 0 Å². The molecule has 0 bridgehead atoms. The summed E-state index contributed by atoms with van der Waals surface area (Å²) in [7, 11) is 2.07. The minimum Gasteiger partial charge on any atom is -0.498 e. The van der Waals surface area contributed by atoms with Gasteiger partial charge in [0.25, 0.3) is 6.09 Å². The fourth-order valence-electron chi connectivity index (χ4n) is 9.42. The van der Waals surface area contributed by atoms with E-state index in [0.717, 1.165) is 31.5 Å². The monoisotopic (exact) mass is 737 g/mol. The van der Waals surface area contributed by atoms with Gasteiger partial charge in [-0.05, 0) is 93.9 Å². The Morgan fingerprint density at radius 3 is 2.10 bits per heavy atom. The maximum atomic E-state index is 14.0. The second-order valence-corrected chi connectivity index (χ2v) is 15.0. The van der Waals surface area contributed by atoms with Crippen LogP contribution >= 0.6 is 0 Å². The fourth-order valence-corrected chi connectivity index (χ4v) is 9.42. The highest BCUT2D eigenvalue weighted by Crippen LogP contribution is 2.47. The number of nitrogens with zero attached hydrogens (tertiary/aromatic N) is 4. The first-order valence-corrected chi connectivity index (χ1v) is 18.0. The van der Waals surface area contributed by atoms with Gasteiger partial charge in [-0.25, -0.2) is 4.79 Å². The second kappa shape index (κ2) is 14.6. The van der Waals surface area contributed by atoms with Crippen LogP contribution in [0.2, 0.25) is 0 Å². The van der Waals surface area contributed by atoms with Gasteiger partial charge in [-0.15, -0.1) is 0 Å². The summed E-state index contributed by atoms with van der Waals surface area (Å²) in [6.45, 7) is 1.90. The molecule has 15 heteroatoms. The summed E-state index contributed by atoms with van der Waals surface area (Å²) in [6, 6.07) is 7.47. The Bertz CT molecular complexity index is 1610. The Morgan fingerprint density at radius 2 is 1.52 bits per heavy atom. The summed E-state index contributed by atoms with van der Waals surface area (Å²) in [5, 5.41) is 16.6. The number of carboxylic acid groups (broad SMARTS) is 1. The van der Waals surface area contributed by atoms with E-state index in [4.69, 9.17) is 0 Å². The molecule has 3 saturated heterocycles. The molecular weight excluding hydrogens is 692 g/mol. The molecule has 284 valence electrons. The van der Waals surface area contributed by atoms with Crippen molar-refractivity contribution in [2.75, 3.05) is 51.6 Å². The zero-order valence-corrected chi connectivity index (χ0v) is 29.1. The van der Waals surface area contributed by atoms with Crippen LogP contribution in [-0.4, -0.2) is 95.6 Å². The average Bonchev–Trinajstić information content (AvgIpc) is 3.26. The Kier molecular flexibility index (Phi) is 10.7. The Morgan fingerprint density at radius 1 is 0.923 bits per heavy atom. The number of carbonyl (C=O) groups is 3. The highest BCUT2D eigenvalue weighted by atomic mass is 19.4. The molecule has 0 radical (unpaired) electrons. The molecule has 2 aromatic carbocycles. The van der Waals surface area contributed by atoms with E-state index in [9.17, 15) is 45.8 Å². The number of para-hydroxylation sites is 1. The zero-order chi connectivity index (χ0) is 37.5. The Hall–Kier alpha value is -3.69. The highest BCUT2D eigenvalue weighted by molar-refractivity contribution is 5.91. The summed E-state index contributed by atoms with van der Waals surface area (Å²) in [5.41, 5.74) is -3.66. The van der Waals surface area contributed by atoms with Gasteiger partial charge in [-0.3, -0.25) is 9.38 Å². The number of alkyl halides is 6. The molecule has 0 spiro atoms. The van der Waals surface area contributed by atoms with Gasteiger partial charge < -0.3 is 29.8 Å². The van der Waals surface area contributed by atoms with E-state index < -0.39 is 63.9 Å². The topological polar surface area (TPSA) is 96.0 Å². The molecule has 4 aliphatic rings. The average molecular weight is 738 g/mol. The smallest absolute Gasteiger partial charge is 0.416 e. The molecule has 0 saturated carbocycles. The summed E-state index contributed by atoms with van der Waals surface area (Å²) in [6.07, 6.45) is -7.84. The van der Waals surface area contributed by atoms with Crippen molar-refractivity contribution in [3.05, 3.63) is 64.7 Å². The van der Waals surface area contributed by atoms with E-state index in [1.54, 1.807) is 17.0 Å². The highest BCUT2D eigenvalue weighted by Gasteiger charge is 2.61. The number of anilines is 1. The Balaban J connectivity index is 1.40. The van der Waals surface area contributed by atoms with Crippen molar-refractivity contribution in [1.29, 1.82) is 0 Å². The lowest BCUT2D eigenvalue weighted by Gasteiger charge is -2.62. The minimum absolute atomic E-state index is 0.0154. The van der Waals surface area contributed by atoms with Crippen molar-refractivity contribution < 1.29 is 50.3 Å². The molecule has 6 rings (SSSR count). The number of halogens is 6. The van der Waals surface area contributed by atoms with Gasteiger partial charge >= 0.3 is 18.4 Å². The molecule has 0 aromatic heterocycles. The van der Waals surface area contributed by atoms with Crippen LogP contribution in [0.4, 0.5) is 41.6 Å². The van der Waals surface area contributed by atoms with E-state index >= 15 is 0 Å². The molecule has 2 aromatic rings. The number of likely N-dealkylation sites (tertiary alicyclic amines) is 3. The van der Waals surface area contributed by atoms with Crippen molar-refractivity contribution in [3.63, 3.8) is 0 Å². The largest absolute Gasteiger partial charge is 0.498 e. The third-order valence-electron chi connectivity index (χ3n) is 12.2. The third-order valence-corrected chi connectivity index (χ3v) is 12.2. The minimum atomic E-state index is -5.14. The molecule has 52 heavy (non-hydrogen) atoms. The van der Waals surface area contributed by atoms with Gasteiger partial charge in [0.2, 0.25) is 0 Å². The van der Waals surface area contributed by atoms with Crippen molar-refractivity contribution >= 4 is 24.1 Å². The number of hydrogen-bond donors (Lipinski definition) is 1. The van der Waals surface area contributed by atoms with E-state index in [0.29, 0.717) is 68.3 Å². The molecule has 4 heterocycles. The van der Waals surface area contributed by atoms with Gasteiger partial charge in [0, 0.05) is 49.8 Å². The lowest BCUT2D eigenvalue weighted by Crippen LogP contribution is -2.80. The molecule has 4 aliphatic heterocycles. The lowest BCUT2D eigenvalue weighted by molar-refractivity contribution is -0.956. The number of nitrogens with one attached hydrogen (secondary N) is 1. The predicted octanol–water partition coefficient (Wildman–Crippen LogP) is 5.98. The molecule has 0 aliphatic carbocycles. The molecule has 3 atom stereocenters. The molecule has 3 amide bonds. The number of rotatable bonds is 7. The van der Waals surface area contributed by atoms with Gasteiger partial charge in [0.15, 0.2) is 5.66 Å². The number of urea groups is 1. The van der Waals surface area contributed by atoms with Crippen LogP contribution in [0.1, 0.15) is 67.2 Å². The van der Waals surface area contributed by atoms with Crippen molar-refractivity contribution in [3.8, 4) is 0 Å². The van der Waals surface area contributed by atoms with Crippen molar-refractivity contribution in [2.24, 2.45) is 11.8 Å². The van der Waals surface area contributed by atoms with Crippen LogP contribution in [0.3, 0.4) is 0 Å². The number of fused-ring (bicyclic) bond motifs is 1. The van der Waals surface area contributed by atoms with E-state index in [-0.39, 0.29) is 38.4 Å². The summed E-state index contributed by atoms with van der Waals surface area (Å²) >= 11 is 0. The summed E-state index contributed by atoms with van der Waals surface area (Å²) < 4.78 is 82.7. The van der Waals surface area contributed by atoms with Crippen LogP contribution < -0.4 is 10.4 Å². The van der Waals surface area contributed by atoms with E-state index in [2.05, 4.69) is 17.3 Å². The third kappa shape index (κ3) is 7.41. The standard InChI is InChI=1S/C37H45F6N5O4/c1-45-13-6-26(7-14-45)27-8-15-46(16-9-27)35(12-19-49)23-31(47-17-10-28-4-2-3-5-32(28)44-33(47)50)11-18-48(35,34(51)52)24-25-20-29(36(38,39)40)22-30(21-25)37(41,42)43/h2-5,19-22,26-27,31H,6-18,23-24H2,1H3,(H-,44,50,51,52)/t31?,35?,48-/m0/s1. The number of amides is 3. The van der Waals surface area contributed by atoms with Crippen LogP contribution in [0, 0.1) is 11.8 Å². The van der Waals surface area contributed by atoms with Crippen molar-refractivity contribution in [2.45, 2.75) is 82.0 Å². The van der Waals surface area contributed by atoms with Crippen LogP contribution in [-0.2, 0) is 30.1 Å². The maximum Gasteiger partial charge on any atom is 0.416 e. The number of aldehydes is 1. The lowest BCUT2D eigenvalue weighted by atomic mass is 9.76. The Labute approximate surface area is 299 Å². The zero-order valence-electron chi connectivity index (χ0n) is 29.1. The first-order valence-electron chi connectivity index (χ1n) is 18.0. The van der Waals surface area contributed by atoms with Gasteiger partial charge in [0.05, 0.1) is 24.1 Å². The summed E-state index contributed by atoms with van der Waals surface area (Å²) in [5.74, 6) is 0.809. The van der Waals surface area contributed by atoms with E-state index in [1.165, 1.54) is 0 Å². The predicted molar refractivity (Wildman–Crippen MR) is 177 cm³/mol. The van der Waals surface area contributed by atoms with E-state index in [1.807, 2.05) is 17.0 Å². The number of piperidine rings is 3. The molecular formula is C37H45F6N5O4. The number of benzene rings is 2. The first-order chi connectivity index (χ1) is 24.6. The normalized spacial score (nSPS) is 27.5. The molecule has 2 unspecified atom stereocenters. The quantitative estimate of drug-likeness (QED) is 0.214.